The molecule has 2 unspecified atom stereocenters. The van der Waals surface area contributed by atoms with E-state index in [0.717, 1.165) is 24.8 Å². The molecule has 0 heterocycles. The standard InChI is InChI=1S/C15H21F2NO2/c1-10-4-2-6-12(14(10)20-15(16)17)9-18-8-11-5-3-7-13(11)19/h2,4,6,11,13,15,18-19H,3,5,7-9H2,1H3. The fraction of sp³-hybridized carbons (Fsp3) is 0.600. The SMILES string of the molecule is Cc1cccc(CNCC2CCCC2O)c1OC(F)F. The topological polar surface area (TPSA) is 41.5 Å². The largest absolute Gasteiger partial charge is 0.434 e. The van der Waals surface area contributed by atoms with Gasteiger partial charge in [-0.15, -0.1) is 0 Å². The number of halogens is 2. The smallest absolute Gasteiger partial charge is 0.387 e. The first kappa shape index (κ1) is 15.2. The van der Waals surface area contributed by atoms with E-state index in [4.69, 9.17) is 0 Å². The summed E-state index contributed by atoms with van der Waals surface area (Å²) in [4.78, 5) is 0. The minimum absolute atomic E-state index is 0.239. The molecule has 0 saturated heterocycles. The summed E-state index contributed by atoms with van der Waals surface area (Å²) >= 11 is 0. The lowest BCUT2D eigenvalue weighted by molar-refractivity contribution is -0.0509. The van der Waals surface area contributed by atoms with Crippen LogP contribution >= 0.6 is 0 Å². The third kappa shape index (κ3) is 3.90. The van der Waals surface area contributed by atoms with E-state index in [1.54, 1.807) is 19.1 Å². The number of nitrogens with one attached hydrogen (secondary N) is 1. The van der Waals surface area contributed by atoms with Crippen LogP contribution in [0, 0.1) is 12.8 Å². The van der Waals surface area contributed by atoms with Crippen molar-refractivity contribution in [2.24, 2.45) is 5.92 Å². The van der Waals surface area contributed by atoms with E-state index in [0.29, 0.717) is 18.7 Å². The normalized spacial score (nSPS) is 22.4. The highest BCUT2D eigenvalue weighted by Crippen LogP contribution is 2.27. The maximum absolute atomic E-state index is 12.4. The summed E-state index contributed by atoms with van der Waals surface area (Å²) in [6.45, 7) is 0.101. The van der Waals surface area contributed by atoms with Gasteiger partial charge in [-0.25, -0.2) is 0 Å². The number of hydrogen-bond acceptors (Lipinski definition) is 3. The average Bonchev–Trinajstić information content (AvgIpc) is 2.79. The third-order valence-corrected chi connectivity index (χ3v) is 3.84. The minimum Gasteiger partial charge on any atom is -0.434 e. The number of hydrogen-bond donors (Lipinski definition) is 2. The van der Waals surface area contributed by atoms with Crippen LogP contribution in [0.3, 0.4) is 0 Å². The van der Waals surface area contributed by atoms with E-state index in [2.05, 4.69) is 10.1 Å². The summed E-state index contributed by atoms with van der Waals surface area (Å²) in [6, 6.07) is 5.36. The van der Waals surface area contributed by atoms with Crippen molar-refractivity contribution in [1.82, 2.24) is 5.32 Å². The number of alkyl halides is 2. The molecule has 0 aromatic heterocycles. The highest BCUT2D eigenvalue weighted by molar-refractivity contribution is 5.40. The van der Waals surface area contributed by atoms with Gasteiger partial charge in [-0.1, -0.05) is 24.6 Å². The van der Waals surface area contributed by atoms with Crippen LogP contribution in [0.1, 0.15) is 30.4 Å². The second kappa shape index (κ2) is 6.99. The second-order valence-corrected chi connectivity index (χ2v) is 5.33. The molecule has 0 radical (unpaired) electrons. The Morgan fingerprint density at radius 2 is 2.20 bits per heavy atom. The Labute approximate surface area is 117 Å². The molecule has 0 spiro atoms. The van der Waals surface area contributed by atoms with Gasteiger partial charge in [0.05, 0.1) is 6.10 Å². The molecule has 5 heteroatoms. The molecule has 0 aliphatic heterocycles. The number of para-hydroxylation sites is 1. The number of aryl methyl sites for hydroxylation is 1. The number of benzene rings is 1. The van der Waals surface area contributed by atoms with E-state index in [1.165, 1.54) is 0 Å². The molecule has 1 aliphatic carbocycles. The Kier molecular flexibility index (Phi) is 5.31. The number of rotatable bonds is 6. The molecular weight excluding hydrogens is 264 g/mol. The Hall–Kier alpha value is -1.20. The van der Waals surface area contributed by atoms with Crippen molar-refractivity contribution in [1.29, 1.82) is 0 Å². The monoisotopic (exact) mass is 285 g/mol. The van der Waals surface area contributed by atoms with Gasteiger partial charge in [0.25, 0.3) is 0 Å². The number of aliphatic hydroxyl groups excluding tert-OH is 1. The third-order valence-electron chi connectivity index (χ3n) is 3.84. The Bertz CT molecular complexity index is 440. The molecule has 2 rings (SSSR count). The molecule has 1 saturated carbocycles. The minimum atomic E-state index is -2.81. The van der Waals surface area contributed by atoms with Gasteiger partial charge in [-0.05, 0) is 31.2 Å². The molecule has 0 amide bonds. The van der Waals surface area contributed by atoms with Crippen molar-refractivity contribution in [3.05, 3.63) is 29.3 Å². The quantitative estimate of drug-likeness (QED) is 0.844. The Morgan fingerprint density at radius 3 is 2.85 bits per heavy atom. The summed E-state index contributed by atoms with van der Waals surface area (Å²) < 4.78 is 29.4. The van der Waals surface area contributed by atoms with Crippen LogP contribution in [0.5, 0.6) is 5.75 Å². The van der Waals surface area contributed by atoms with Gasteiger partial charge in [-0.3, -0.25) is 0 Å². The van der Waals surface area contributed by atoms with Crippen LogP contribution in [0.2, 0.25) is 0 Å². The summed E-state index contributed by atoms with van der Waals surface area (Å²) in [5, 5.41) is 13.0. The fourth-order valence-electron chi connectivity index (χ4n) is 2.76. The van der Waals surface area contributed by atoms with Crippen molar-refractivity contribution in [2.75, 3.05) is 6.54 Å². The first-order valence-electron chi connectivity index (χ1n) is 7.00. The average molecular weight is 285 g/mol. The van der Waals surface area contributed by atoms with E-state index >= 15 is 0 Å². The molecule has 3 nitrogen and oxygen atoms in total. The molecule has 2 N–H and O–H groups in total. The van der Waals surface area contributed by atoms with Crippen LogP contribution in [0.15, 0.2) is 18.2 Å². The van der Waals surface area contributed by atoms with Crippen LogP contribution < -0.4 is 10.1 Å². The zero-order chi connectivity index (χ0) is 14.5. The van der Waals surface area contributed by atoms with Crippen molar-refractivity contribution in [2.45, 2.75) is 45.4 Å². The van der Waals surface area contributed by atoms with Gasteiger partial charge in [0.1, 0.15) is 5.75 Å². The maximum atomic E-state index is 12.4. The molecule has 1 aromatic carbocycles. The van der Waals surface area contributed by atoms with Gasteiger partial charge >= 0.3 is 6.61 Å². The van der Waals surface area contributed by atoms with Crippen LogP contribution in [0.4, 0.5) is 8.78 Å². The zero-order valence-corrected chi connectivity index (χ0v) is 11.6. The van der Waals surface area contributed by atoms with Crippen molar-refractivity contribution >= 4 is 0 Å². The molecule has 112 valence electrons. The summed E-state index contributed by atoms with van der Waals surface area (Å²) in [5.74, 6) is 0.515. The second-order valence-electron chi connectivity index (χ2n) is 5.33. The lowest BCUT2D eigenvalue weighted by Gasteiger charge is -2.17. The first-order valence-corrected chi connectivity index (χ1v) is 7.00. The van der Waals surface area contributed by atoms with Crippen LogP contribution in [-0.4, -0.2) is 24.4 Å². The highest BCUT2D eigenvalue weighted by Gasteiger charge is 2.24. The molecule has 1 aromatic rings. The van der Waals surface area contributed by atoms with Crippen molar-refractivity contribution in [3.63, 3.8) is 0 Å². The molecular formula is C15H21F2NO2. The van der Waals surface area contributed by atoms with Gasteiger partial charge < -0.3 is 15.2 Å². The van der Waals surface area contributed by atoms with Crippen molar-refractivity contribution < 1.29 is 18.6 Å². The summed E-state index contributed by atoms with van der Waals surface area (Å²) in [5.41, 5.74) is 1.42. The molecule has 20 heavy (non-hydrogen) atoms. The predicted octanol–water partition coefficient (Wildman–Crippen LogP) is 2.85. The molecule has 1 aliphatic rings. The van der Waals surface area contributed by atoms with E-state index in [-0.39, 0.29) is 17.8 Å². The lowest BCUT2D eigenvalue weighted by Crippen LogP contribution is -2.27. The van der Waals surface area contributed by atoms with Gasteiger partial charge in [0.15, 0.2) is 0 Å². The number of ether oxygens (including phenoxy) is 1. The zero-order valence-electron chi connectivity index (χ0n) is 11.6. The van der Waals surface area contributed by atoms with Crippen LogP contribution in [-0.2, 0) is 6.54 Å². The molecule has 1 fully saturated rings. The first-order chi connectivity index (χ1) is 9.58. The van der Waals surface area contributed by atoms with E-state index < -0.39 is 6.61 Å². The predicted molar refractivity (Wildman–Crippen MR) is 72.9 cm³/mol. The molecule has 2 atom stereocenters. The summed E-state index contributed by atoms with van der Waals surface area (Å²) in [6.07, 6.45) is 2.69. The highest BCUT2D eigenvalue weighted by atomic mass is 19.3. The lowest BCUT2D eigenvalue weighted by atomic mass is 10.1. The van der Waals surface area contributed by atoms with Crippen LogP contribution in [0.25, 0.3) is 0 Å². The molecule has 0 bridgehead atoms. The van der Waals surface area contributed by atoms with Crippen molar-refractivity contribution in [3.8, 4) is 5.75 Å². The Balaban J connectivity index is 1.93. The number of aliphatic hydroxyl groups is 1. The van der Waals surface area contributed by atoms with Gasteiger partial charge in [0.2, 0.25) is 0 Å². The maximum Gasteiger partial charge on any atom is 0.387 e. The fourth-order valence-corrected chi connectivity index (χ4v) is 2.76. The van der Waals surface area contributed by atoms with Gasteiger partial charge in [-0.2, -0.15) is 8.78 Å². The van der Waals surface area contributed by atoms with E-state index in [9.17, 15) is 13.9 Å². The summed E-state index contributed by atoms with van der Waals surface area (Å²) in [7, 11) is 0. The van der Waals surface area contributed by atoms with Gasteiger partial charge in [0, 0.05) is 18.7 Å². The van der Waals surface area contributed by atoms with E-state index in [1.807, 2.05) is 6.07 Å². The Morgan fingerprint density at radius 1 is 1.40 bits per heavy atom.